The maximum Gasteiger partial charge on any atom is 0.501 e. The Balaban J connectivity index is 1.78. The third-order valence-electron chi connectivity index (χ3n) is 5.76. The predicted molar refractivity (Wildman–Crippen MR) is 117 cm³/mol. The van der Waals surface area contributed by atoms with Crippen LogP contribution in [0.1, 0.15) is 77.7 Å². The summed E-state index contributed by atoms with van der Waals surface area (Å²) in [6.07, 6.45) is 7.62. The van der Waals surface area contributed by atoms with E-state index in [4.69, 9.17) is 18.0 Å². The van der Waals surface area contributed by atoms with Gasteiger partial charge in [-0.25, -0.2) is 0 Å². The fraction of sp³-hybridized carbons (Fsp3) is 0.739. The van der Waals surface area contributed by atoms with E-state index in [0.717, 1.165) is 30.1 Å². The molecule has 0 N–H and O–H groups in total. The van der Waals surface area contributed by atoms with Gasteiger partial charge in [-0.3, -0.25) is 0 Å². The zero-order valence-electron chi connectivity index (χ0n) is 18.4. The smallest absolute Gasteiger partial charge is 0.494 e. The maximum atomic E-state index is 5.97. The summed E-state index contributed by atoms with van der Waals surface area (Å²) < 4.78 is 23.7. The molecule has 1 aliphatic carbocycles. The van der Waals surface area contributed by atoms with Crippen LogP contribution in [-0.2, 0) is 13.3 Å². The fourth-order valence-corrected chi connectivity index (χ4v) is 6.80. The molecule has 0 radical (unpaired) electrons. The normalized spacial score (nSPS) is 20.3. The first kappa shape index (κ1) is 23.4. The molecule has 1 saturated carbocycles. The van der Waals surface area contributed by atoms with Crippen LogP contribution in [0.3, 0.4) is 0 Å². The third-order valence-corrected chi connectivity index (χ3v) is 8.92. The van der Waals surface area contributed by atoms with Crippen molar-refractivity contribution in [1.29, 1.82) is 0 Å². The van der Waals surface area contributed by atoms with E-state index in [9.17, 15) is 0 Å². The second-order valence-corrected chi connectivity index (χ2v) is 10.4. The molecule has 0 bridgehead atoms. The highest BCUT2D eigenvalue weighted by Gasteiger charge is 2.39. The molecule has 4 nitrogen and oxygen atoms in total. The van der Waals surface area contributed by atoms with Gasteiger partial charge in [0, 0.05) is 25.9 Å². The van der Waals surface area contributed by atoms with E-state index in [-0.39, 0.29) is 0 Å². The van der Waals surface area contributed by atoms with E-state index in [1.54, 1.807) is 0 Å². The van der Waals surface area contributed by atoms with Gasteiger partial charge in [0.15, 0.2) is 0 Å². The molecule has 0 saturated heterocycles. The number of hydrogen-bond donors (Lipinski definition) is 0. The number of ether oxygens (including phenoxy) is 1. The van der Waals surface area contributed by atoms with Crippen LogP contribution in [0.15, 0.2) is 24.3 Å². The van der Waals surface area contributed by atoms with Gasteiger partial charge in [0.2, 0.25) is 0 Å². The van der Waals surface area contributed by atoms with Gasteiger partial charge in [-0.15, -0.1) is 0 Å². The molecule has 0 aromatic heterocycles. The minimum absolute atomic E-state index is 0.620. The fourth-order valence-electron chi connectivity index (χ4n) is 4.22. The van der Waals surface area contributed by atoms with Crippen LogP contribution in [-0.4, -0.2) is 35.2 Å². The second-order valence-electron chi connectivity index (χ2n) is 7.63. The van der Waals surface area contributed by atoms with Crippen molar-refractivity contribution in [2.75, 3.05) is 26.4 Å². The quantitative estimate of drug-likeness (QED) is 0.288. The Bertz CT molecular complexity index is 509. The van der Waals surface area contributed by atoms with Crippen LogP contribution in [0.5, 0.6) is 5.75 Å². The van der Waals surface area contributed by atoms with Gasteiger partial charge in [-0.05, 0) is 82.4 Å². The lowest BCUT2D eigenvalue weighted by Gasteiger charge is -2.28. The van der Waals surface area contributed by atoms with E-state index in [0.29, 0.717) is 26.4 Å². The van der Waals surface area contributed by atoms with Gasteiger partial charge in [0.25, 0.3) is 0 Å². The van der Waals surface area contributed by atoms with Crippen LogP contribution in [0.25, 0.3) is 0 Å². The molecule has 0 heterocycles. The lowest BCUT2D eigenvalue weighted by atomic mass is 9.78. The van der Waals surface area contributed by atoms with Crippen LogP contribution < -0.4 is 4.74 Å². The number of rotatable bonds is 13. The number of hydrogen-bond acceptors (Lipinski definition) is 4. The molecule has 1 fully saturated rings. The van der Waals surface area contributed by atoms with Gasteiger partial charge in [-0.2, -0.15) is 0 Å². The molecule has 1 aromatic rings. The van der Waals surface area contributed by atoms with Gasteiger partial charge < -0.3 is 18.0 Å². The average Bonchev–Trinajstić information content (AvgIpc) is 2.72. The van der Waals surface area contributed by atoms with Crippen molar-refractivity contribution in [3.05, 3.63) is 29.8 Å². The van der Waals surface area contributed by atoms with E-state index < -0.39 is 8.80 Å². The van der Waals surface area contributed by atoms with E-state index >= 15 is 0 Å². The van der Waals surface area contributed by atoms with Crippen molar-refractivity contribution >= 4 is 8.80 Å². The molecule has 1 aliphatic rings. The summed E-state index contributed by atoms with van der Waals surface area (Å²) in [6.45, 7) is 10.8. The largest absolute Gasteiger partial charge is 0.501 e. The summed E-state index contributed by atoms with van der Waals surface area (Å²) in [7, 11) is -2.55. The minimum atomic E-state index is -2.55. The Hall–Kier alpha value is -0.883. The Morgan fingerprint density at radius 2 is 1.39 bits per heavy atom. The van der Waals surface area contributed by atoms with Gasteiger partial charge >= 0.3 is 8.80 Å². The molecular weight excluding hydrogens is 368 g/mol. The monoisotopic (exact) mass is 408 g/mol. The molecule has 0 spiro atoms. The SMILES string of the molecule is CCO[Si](CCCOc1ccc(C2CCC(CC)CC2)cc1)(OCC)OCC. The Morgan fingerprint density at radius 1 is 0.821 bits per heavy atom. The molecular formula is C23H40O4Si. The second kappa shape index (κ2) is 12.6. The summed E-state index contributed by atoms with van der Waals surface area (Å²) in [6, 6.07) is 9.55. The summed E-state index contributed by atoms with van der Waals surface area (Å²) in [5.41, 5.74) is 1.47. The zero-order valence-corrected chi connectivity index (χ0v) is 19.4. The van der Waals surface area contributed by atoms with Gasteiger partial charge in [0.1, 0.15) is 5.75 Å². The highest BCUT2D eigenvalue weighted by molar-refractivity contribution is 6.60. The van der Waals surface area contributed by atoms with Crippen LogP contribution in [0.2, 0.25) is 6.04 Å². The highest BCUT2D eigenvalue weighted by Crippen LogP contribution is 2.37. The molecule has 160 valence electrons. The zero-order chi connectivity index (χ0) is 20.2. The molecule has 28 heavy (non-hydrogen) atoms. The summed E-state index contributed by atoms with van der Waals surface area (Å²) in [5.74, 6) is 2.62. The molecule has 1 aromatic carbocycles. The van der Waals surface area contributed by atoms with E-state index in [1.165, 1.54) is 37.7 Å². The Labute approximate surface area is 173 Å². The van der Waals surface area contributed by atoms with Crippen LogP contribution in [0, 0.1) is 5.92 Å². The van der Waals surface area contributed by atoms with Crippen molar-refractivity contribution in [1.82, 2.24) is 0 Å². The number of benzene rings is 1. The predicted octanol–water partition coefficient (Wildman–Crippen LogP) is 6.19. The maximum absolute atomic E-state index is 5.97. The standard InChI is InChI=1S/C23H40O4Si/c1-5-20-10-12-21(13-11-20)22-14-16-23(17-15-22)24-18-9-19-28(25-6-2,26-7-3)27-8-4/h14-17,20-21H,5-13,18-19H2,1-4H3. The van der Waals surface area contributed by atoms with Gasteiger partial charge in [-0.1, -0.05) is 25.5 Å². The third kappa shape index (κ3) is 7.18. The van der Waals surface area contributed by atoms with Crippen LogP contribution >= 0.6 is 0 Å². The highest BCUT2D eigenvalue weighted by atomic mass is 28.4. The summed E-state index contributed by atoms with van der Waals surface area (Å²) in [5, 5.41) is 0. The lowest BCUT2D eigenvalue weighted by molar-refractivity contribution is 0.0696. The first-order valence-electron chi connectivity index (χ1n) is 11.3. The summed E-state index contributed by atoms with van der Waals surface area (Å²) >= 11 is 0. The van der Waals surface area contributed by atoms with Crippen molar-refractivity contribution < 1.29 is 18.0 Å². The van der Waals surface area contributed by atoms with Crippen molar-refractivity contribution in [2.45, 2.75) is 78.2 Å². The van der Waals surface area contributed by atoms with Crippen molar-refractivity contribution in [3.63, 3.8) is 0 Å². The van der Waals surface area contributed by atoms with E-state index in [1.807, 2.05) is 20.8 Å². The van der Waals surface area contributed by atoms with Crippen molar-refractivity contribution in [3.8, 4) is 5.75 Å². The lowest BCUT2D eigenvalue weighted by Crippen LogP contribution is -2.46. The Morgan fingerprint density at radius 3 is 1.89 bits per heavy atom. The summed E-state index contributed by atoms with van der Waals surface area (Å²) in [4.78, 5) is 0. The first-order valence-corrected chi connectivity index (χ1v) is 13.2. The Kier molecular flexibility index (Phi) is 10.6. The van der Waals surface area contributed by atoms with Crippen LogP contribution in [0.4, 0.5) is 0 Å². The average molecular weight is 409 g/mol. The molecule has 5 heteroatoms. The molecule has 0 aliphatic heterocycles. The molecule has 0 amide bonds. The topological polar surface area (TPSA) is 36.9 Å². The molecule has 2 rings (SSSR count). The van der Waals surface area contributed by atoms with Crippen molar-refractivity contribution in [2.24, 2.45) is 5.92 Å². The molecule has 0 atom stereocenters. The van der Waals surface area contributed by atoms with Gasteiger partial charge in [0.05, 0.1) is 6.61 Å². The van der Waals surface area contributed by atoms with E-state index in [2.05, 4.69) is 31.2 Å². The molecule has 0 unspecified atom stereocenters. The first-order chi connectivity index (χ1) is 13.7. The minimum Gasteiger partial charge on any atom is -0.494 e.